The van der Waals surface area contributed by atoms with Crippen LogP contribution in [-0.4, -0.2) is 30.6 Å². The van der Waals surface area contributed by atoms with E-state index in [1.54, 1.807) is 7.05 Å². The number of carbonyl (C=O) groups excluding carboxylic acids is 1. The first-order valence-electron chi connectivity index (χ1n) is 4.44. The summed E-state index contributed by atoms with van der Waals surface area (Å²) in [6, 6.07) is 0.573. The fourth-order valence-electron chi connectivity index (χ4n) is 2.40. The van der Waals surface area contributed by atoms with Gasteiger partial charge < -0.3 is 5.32 Å². The van der Waals surface area contributed by atoms with E-state index in [0.29, 0.717) is 12.0 Å². The van der Waals surface area contributed by atoms with E-state index in [4.69, 9.17) is 5.84 Å². The summed E-state index contributed by atoms with van der Waals surface area (Å²) < 4.78 is 0. The first-order valence-corrected chi connectivity index (χ1v) is 4.44. The van der Waals surface area contributed by atoms with Crippen LogP contribution in [0.2, 0.25) is 0 Å². The minimum atomic E-state index is 0.101. The van der Waals surface area contributed by atoms with Crippen LogP contribution < -0.4 is 11.2 Å². The molecule has 0 aromatic heterocycles. The van der Waals surface area contributed by atoms with Crippen molar-refractivity contribution in [3.05, 3.63) is 0 Å². The van der Waals surface area contributed by atoms with E-state index in [-0.39, 0.29) is 11.8 Å². The van der Waals surface area contributed by atoms with Crippen LogP contribution in [0.4, 0.5) is 0 Å². The van der Waals surface area contributed by atoms with Crippen molar-refractivity contribution in [1.29, 1.82) is 0 Å². The zero-order chi connectivity index (χ0) is 8.72. The number of carbonyl (C=O) groups is 1. The molecule has 2 fully saturated rings. The molecule has 4 heteroatoms. The molecule has 1 saturated heterocycles. The number of rotatable bonds is 1. The van der Waals surface area contributed by atoms with Crippen molar-refractivity contribution >= 4 is 5.91 Å². The molecule has 12 heavy (non-hydrogen) atoms. The third-order valence-corrected chi connectivity index (χ3v) is 3.03. The number of hydrazine groups is 1. The van der Waals surface area contributed by atoms with Crippen molar-refractivity contribution in [1.82, 2.24) is 10.3 Å². The highest BCUT2D eigenvalue weighted by Gasteiger charge is 2.43. The molecule has 68 valence electrons. The quantitative estimate of drug-likeness (QED) is 0.310. The standard InChI is InChI=1S/C8H15N3O/c1-11(9)8(12)7-3-6-2-5(7)4-10-6/h5-7,10H,2-4,9H2,1H3. The Balaban J connectivity index is 2.02. The lowest BCUT2D eigenvalue weighted by atomic mass is 9.94. The summed E-state index contributed by atoms with van der Waals surface area (Å²) in [5.74, 6) is 6.23. The predicted octanol–water partition coefficient (Wildman–Crippen LogP) is -0.683. The van der Waals surface area contributed by atoms with Crippen LogP contribution in [-0.2, 0) is 4.79 Å². The second-order valence-corrected chi connectivity index (χ2v) is 3.89. The summed E-state index contributed by atoms with van der Waals surface area (Å²) in [7, 11) is 1.63. The molecule has 2 bridgehead atoms. The van der Waals surface area contributed by atoms with Gasteiger partial charge in [0.15, 0.2) is 0 Å². The van der Waals surface area contributed by atoms with E-state index in [2.05, 4.69) is 5.32 Å². The van der Waals surface area contributed by atoms with Gasteiger partial charge in [-0.3, -0.25) is 9.80 Å². The summed E-state index contributed by atoms with van der Waals surface area (Å²) >= 11 is 0. The van der Waals surface area contributed by atoms with Crippen molar-refractivity contribution in [3.8, 4) is 0 Å². The maximum Gasteiger partial charge on any atom is 0.239 e. The highest BCUT2D eigenvalue weighted by molar-refractivity contribution is 5.79. The number of nitrogens with two attached hydrogens (primary N) is 1. The van der Waals surface area contributed by atoms with Gasteiger partial charge in [0.2, 0.25) is 5.91 Å². The van der Waals surface area contributed by atoms with Gasteiger partial charge in [-0.15, -0.1) is 0 Å². The normalized spacial score (nSPS) is 38.7. The summed E-state index contributed by atoms with van der Waals surface area (Å²) in [5.41, 5.74) is 0. The van der Waals surface area contributed by atoms with Crippen molar-refractivity contribution in [2.45, 2.75) is 18.9 Å². The molecule has 0 aromatic carbocycles. The Morgan fingerprint density at radius 1 is 1.58 bits per heavy atom. The Bertz CT molecular complexity index is 204. The van der Waals surface area contributed by atoms with Crippen LogP contribution in [0.3, 0.4) is 0 Å². The number of nitrogens with one attached hydrogen (secondary N) is 1. The topological polar surface area (TPSA) is 58.4 Å². The molecule has 1 aliphatic carbocycles. The molecule has 1 amide bonds. The van der Waals surface area contributed by atoms with Gasteiger partial charge >= 0.3 is 0 Å². The molecule has 4 nitrogen and oxygen atoms in total. The lowest BCUT2D eigenvalue weighted by molar-refractivity contribution is -0.135. The van der Waals surface area contributed by atoms with Crippen LogP contribution in [0.5, 0.6) is 0 Å². The Morgan fingerprint density at radius 3 is 2.75 bits per heavy atom. The van der Waals surface area contributed by atoms with Gasteiger partial charge in [0.1, 0.15) is 0 Å². The van der Waals surface area contributed by atoms with Gasteiger partial charge in [0.05, 0.1) is 0 Å². The first kappa shape index (κ1) is 8.01. The molecule has 3 unspecified atom stereocenters. The lowest BCUT2D eigenvalue weighted by Crippen LogP contribution is -2.43. The van der Waals surface area contributed by atoms with Gasteiger partial charge in [-0.05, 0) is 25.3 Å². The van der Waals surface area contributed by atoms with E-state index < -0.39 is 0 Å². The molecular formula is C8H15N3O. The third kappa shape index (κ3) is 1.11. The fourth-order valence-corrected chi connectivity index (χ4v) is 2.40. The average Bonchev–Trinajstić information content (AvgIpc) is 2.62. The number of hydrogen-bond acceptors (Lipinski definition) is 3. The Hall–Kier alpha value is -0.610. The van der Waals surface area contributed by atoms with Gasteiger partial charge in [0.25, 0.3) is 0 Å². The van der Waals surface area contributed by atoms with Crippen LogP contribution in [0.15, 0.2) is 0 Å². The summed E-state index contributed by atoms with van der Waals surface area (Å²) in [6.45, 7) is 0.995. The molecule has 0 spiro atoms. The first-order chi connectivity index (χ1) is 5.68. The van der Waals surface area contributed by atoms with Gasteiger partial charge in [-0.2, -0.15) is 0 Å². The minimum absolute atomic E-state index is 0.101. The van der Waals surface area contributed by atoms with E-state index in [0.717, 1.165) is 19.4 Å². The Labute approximate surface area is 72.1 Å². The maximum atomic E-state index is 11.5. The predicted molar refractivity (Wildman–Crippen MR) is 45.0 cm³/mol. The molecule has 0 aromatic rings. The molecule has 1 aliphatic heterocycles. The second-order valence-electron chi connectivity index (χ2n) is 3.89. The van der Waals surface area contributed by atoms with Crippen LogP contribution in [0.1, 0.15) is 12.8 Å². The lowest BCUT2D eigenvalue weighted by Gasteiger charge is -2.23. The maximum absolute atomic E-state index is 11.5. The number of amides is 1. The van der Waals surface area contributed by atoms with Crippen molar-refractivity contribution in [2.75, 3.05) is 13.6 Å². The molecule has 2 aliphatic rings. The zero-order valence-electron chi connectivity index (χ0n) is 7.29. The SMILES string of the molecule is CN(N)C(=O)C1CC2CC1CN2. The summed E-state index contributed by atoms with van der Waals surface area (Å²) in [5, 5.41) is 4.60. The number of fused-ring (bicyclic) bond motifs is 2. The number of hydrogen-bond donors (Lipinski definition) is 2. The van der Waals surface area contributed by atoms with Gasteiger partial charge in [-0.1, -0.05) is 0 Å². The average molecular weight is 169 g/mol. The Kier molecular flexibility index (Phi) is 1.81. The molecule has 1 heterocycles. The van der Waals surface area contributed by atoms with Crippen LogP contribution in [0.25, 0.3) is 0 Å². The van der Waals surface area contributed by atoms with E-state index in [1.807, 2.05) is 0 Å². The smallest absolute Gasteiger partial charge is 0.239 e. The Morgan fingerprint density at radius 2 is 2.33 bits per heavy atom. The van der Waals surface area contributed by atoms with Crippen LogP contribution in [0, 0.1) is 11.8 Å². The van der Waals surface area contributed by atoms with Gasteiger partial charge in [-0.25, -0.2) is 5.84 Å². The van der Waals surface area contributed by atoms with E-state index in [9.17, 15) is 4.79 Å². The molecule has 0 radical (unpaired) electrons. The number of nitrogens with zero attached hydrogens (tertiary/aromatic N) is 1. The highest BCUT2D eigenvalue weighted by Crippen LogP contribution is 2.37. The van der Waals surface area contributed by atoms with E-state index >= 15 is 0 Å². The zero-order valence-corrected chi connectivity index (χ0v) is 7.29. The molecular weight excluding hydrogens is 154 g/mol. The van der Waals surface area contributed by atoms with Gasteiger partial charge in [0, 0.05) is 19.0 Å². The van der Waals surface area contributed by atoms with Crippen molar-refractivity contribution < 1.29 is 4.79 Å². The summed E-state index contributed by atoms with van der Waals surface area (Å²) in [4.78, 5) is 11.5. The molecule has 1 saturated carbocycles. The van der Waals surface area contributed by atoms with Crippen molar-refractivity contribution in [3.63, 3.8) is 0 Å². The largest absolute Gasteiger partial charge is 0.314 e. The molecule has 2 rings (SSSR count). The summed E-state index contributed by atoms with van der Waals surface area (Å²) in [6.07, 6.45) is 2.13. The number of piperidine rings is 1. The van der Waals surface area contributed by atoms with Crippen molar-refractivity contribution in [2.24, 2.45) is 17.7 Å². The van der Waals surface area contributed by atoms with Crippen LogP contribution >= 0.6 is 0 Å². The molecule has 3 atom stereocenters. The molecule has 3 N–H and O–H groups in total. The monoisotopic (exact) mass is 169 g/mol. The highest BCUT2D eigenvalue weighted by atomic mass is 16.2. The third-order valence-electron chi connectivity index (χ3n) is 3.03. The second kappa shape index (κ2) is 2.71. The minimum Gasteiger partial charge on any atom is -0.314 e. The van der Waals surface area contributed by atoms with E-state index in [1.165, 1.54) is 5.01 Å². The fraction of sp³-hybridized carbons (Fsp3) is 0.875.